The second-order valence-electron chi connectivity index (χ2n) is 6.98. The fourth-order valence-corrected chi connectivity index (χ4v) is 4.90. The second kappa shape index (κ2) is 10.6. The van der Waals surface area contributed by atoms with E-state index in [1.807, 2.05) is 0 Å². The minimum Gasteiger partial charge on any atom is -0.378 e. The molecule has 1 saturated heterocycles. The maximum absolute atomic E-state index is 13.2. The van der Waals surface area contributed by atoms with Gasteiger partial charge >= 0.3 is 6.18 Å². The molecule has 31 heavy (non-hydrogen) atoms. The number of hydrogen-bond donors (Lipinski definition) is 1. The Hall–Kier alpha value is -2.65. The monoisotopic (exact) mass is 461 g/mol. The molecule has 2 amide bonds. The smallest absolute Gasteiger partial charge is 0.378 e. The third-order valence-corrected chi connectivity index (χ3v) is 6.31. The molecule has 1 fully saturated rings. The number of alkyl halides is 3. The predicted octanol–water partition coefficient (Wildman–Crippen LogP) is 1.13. The summed E-state index contributed by atoms with van der Waals surface area (Å²) in [6, 6.07) is 5.96. The quantitative estimate of drug-likeness (QED) is 0.580. The summed E-state index contributed by atoms with van der Waals surface area (Å²) in [5, 5.41) is 10.9. The van der Waals surface area contributed by atoms with Gasteiger partial charge in [-0.15, -0.1) is 0 Å². The first kappa shape index (κ1) is 24.6. The van der Waals surface area contributed by atoms with Gasteiger partial charge in [-0.2, -0.15) is 18.4 Å². The maximum atomic E-state index is 13.2. The number of nitriles is 1. The average molecular weight is 461 g/mol. The number of halogens is 3. The van der Waals surface area contributed by atoms with Crippen LogP contribution in [0, 0.1) is 17.2 Å². The summed E-state index contributed by atoms with van der Waals surface area (Å²) in [4.78, 5) is 26.3. The number of carbonyl (C=O) groups is 2. The Balaban J connectivity index is 2.19. The van der Waals surface area contributed by atoms with Crippen LogP contribution in [-0.2, 0) is 36.1 Å². The Labute approximate surface area is 177 Å². The zero-order valence-corrected chi connectivity index (χ0v) is 17.3. The summed E-state index contributed by atoms with van der Waals surface area (Å²) < 4.78 is 70.0. The highest BCUT2D eigenvalue weighted by atomic mass is 32.2. The van der Waals surface area contributed by atoms with E-state index >= 15 is 0 Å². The molecule has 1 atom stereocenters. The molecule has 1 unspecified atom stereocenters. The van der Waals surface area contributed by atoms with E-state index in [0.717, 1.165) is 18.2 Å². The van der Waals surface area contributed by atoms with Gasteiger partial charge < -0.3 is 15.0 Å². The largest absolute Gasteiger partial charge is 0.416 e. The average Bonchev–Trinajstić information content (AvgIpc) is 2.71. The van der Waals surface area contributed by atoms with E-state index in [4.69, 9.17) is 10.00 Å². The molecule has 0 aromatic heterocycles. The molecule has 12 heteroatoms. The molecule has 2 rings (SSSR count). The molecule has 1 aliphatic rings. The topological polar surface area (TPSA) is 117 Å². The van der Waals surface area contributed by atoms with Gasteiger partial charge in [0.05, 0.1) is 42.3 Å². The highest BCUT2D eigenvalue weighted by molar-refractivity contribution is 7.90. The van der Waals surface area contributed by atoms with Crippen molar-refractivity contribution < 1.29 is 35.9 Å². The van der Waals surface area contributed by atoms with E-state index in [-0.39, 0.29) is 13.1 Å². The van der Waals surface area contributed by atoms with Crippen molar-refractivity contribution in [3.8, 4) is 6.07 Å². The van der Waals surface area contributed by atoms with Crippen molar-refractivity contribution in [3.05, 3.63) is 35.4 Å². The fraction of sp³-hybridized carbons (Fsp3) is 0.526. The molecule has 1 aromatic carbocycles. The number of amides is 2. The number of sulfone groups is 1. The van der Waals surface area contributed by atoms with Crippen LogP contribution in [0.2, 0.25) is 0 Å². The van der Waals surface area contributed by atoms with Crippen molar-refractivity contribution in [1.29, 1.82) is 5.26 Å². The number of nitrogens with zero attached hydrogens (tertiary/aromatic N) is 2. The summed E-state index contributed by atoms with van der Waals surface area (Å²) in [6.45, 7) is 0.805. The Morgan fingerprint density at radius 1 is 1.23 bits per heavy atom. The molecule has 0 spiro atoms. The van der Waals surface area contributed by atoms with E-state index < -0.39 is 69.3 Å². The van der Waals surface area contributed by atoms with Crippen molar-refractivity contribution in [1.82, 2.24) is 10.2 Å². The van der Waals surface area contributed by atoms with E-state index in [2.05, 4.69) is 5.32 Å². The van der Waals surface area contributed by atoms with Gasteiger partial charge in [0.2, 0.25) is 11.8 Å². The number of morpholine rings is 1. The van der Waals surface area contributed by atoms with Crippen LogP contribution in [0.5, 0.6) is 0 Å². The van der Waals surface area contributed by atoms with Crippen LogP contribution in [0.15, 0.2) is 24.3 Å². The van der Waals surface area contributed by atoms with Crippen LogP contribution in [0.1, 0.15) is 17.5 Å². The Kier molecular flexibility index (Phi) is 8.41. The molecule has 8 nitrogen and oxygen atoms in total. The van der Waals surface area contributed by atoms with Gasteiger partial charge in [0, 0.05) is 19.5 Å². The highest BCUT2D eigenvalue weighted by Gasteiger charge is 2.35. The van der Waals surface area contributed by atoms with Gasteiger partial charge in [-0.3, -0.25) is 9.59 Å². The fourth-order valence-electron chi connectivity index (χ4n) is 3.18. The first-order chi connectivity index (χ1) is 14.5. The summed E-state index contributed by atoms with van der Waals surface area (Å²) in [6.07, 6.45) is -5.18. The van der Waals surface area contributed by atoms with Crippen LogP contribution in [-0.4, -0.2) is 63.7 Å². The number of benzene rings is 1. The second-order valence-corrected chi connectivity index (χ2v) is 9.09. The van der Waals surface area contributed by atoms with E-state index in [1.165, 1.54) is 11.0 Å². The molecule has 0 saturated carbocycles. The lowest BCUT2D eigenvalue weighted by atomic mass is 10.1. The SMILES string of the molecule is N#CCNC(=O)C(CC(=O)N1CCOCC1)CS(=O)(=O)Cc1ccccc1C(F)(F)F. The zero-order chi connectivity index (χ0) is 23.1. The van der Waals surface area contributed by atoms with Crippen LogP contribution in [0.25, 0.3) is 0 Å². The number of carbonyl (C=O) groups excluding carboxylic acids is 2. The minimum absolute atomic E-state index is 0.289. The Morgan fingerprint density at radius 2 is 1.87 bits per heavy atom. The number of rotatable bonds is 8. The summed E-state index contributed by atoms with van der Waals surface area (Å²) in [5.74, 6) is -4.39. The third kappa shape index (κ3) is 7.52. The maximum Gasteiger partial charge on any atom is 0.416 e. The van der Waals surface area contributed by atoms with Crippen LogP contribution in [0.4, 0.5) is 13.2 Å². The van der Waals surface area contributed by atoms with Gasteiger partial charge in [0.1, 0.15) is 6.54 Å². The first-order valence-corrected chi connectivity index (χ1v) is 11.2. The van der Waals surface area contributed by atoms with Crippen molar-refractivity contribution >= 4 is 21.7 Å². The summed E-state index contributed by atoms with van der Waals surface area (Å²) >= 11 is 0. The lowest BCUT2D eigenvalue weighted by Gasteiger charge is -2.28. The Bertz CT molecular complexity index is 938. The predicted molar refractivity (Wildman–Crippen MR) is 103 cm³/mol. The molecule has 0 aliphatic carbocycles. The standard InChI is InChI=1S/C19H22F3N3O5S/c20-19(21,22)16-4-2-1-3-14(16)12-31(28,29)13-15(18(27)24-6-5-23)11-17(26)25-7-9-30-10-8-25/h1-4,15H,6-13H2,(H,24,27). The van der Waals surface area contributed by atoms with Gasteiger partial charge in [-0.25, -0.2) is 8.42 Å². The lowest BCUT2D eigenvalue weighted by molar-refractivity contribution is -0.139. The molecule has 1 aliphatic heterocycles. The molecular formula is C19H22F3N3O5S. The van der Waals surface area contributed by atoms with Crippen molar-refractivity contribution in [3.63, 3.8) is 0 Å². The molecule has 1 aromatic rings. The Morgan fingerprint density at radius 3 is 2.48 bits per heavy atom. The van der Waals surface area contributed by atoms with Gasteiger partial charge in [0.25, 0.3) is 0 Å². The number of ether oxygens (including phenoxy) is 1. The van der Waals surface area contributed by atoms with Crippen molar-refractivity contribution in [2.24, 2.45) is 5.92 Å². The number of nitrogens with one attached hydrogen (secondary N) is 1. The number of hydrogen-bond acceptors (Lipinski definition) is 6. The molecule has 1 heterocycles. The molecular weight excluding hydrogens is 439 g/mol. The van der Waals surface area contributed by atoms with Gasteiger partial charge in [0.15, 0.2) is 9.84 Å². The molecule has 1 N–H and O–H groups in total. The molecule has 0 bridgehead atoms. The van der Waals surface area contributed by atoms with Crippen LogP contribution in [0.3, 0.4) is 0 Å². The van der Waals surface area contributed by atoms with Crippen LogP contribution < -0.4 is 5.32 Å². The molecule has 170 valence electrons. The van der Waals surface area contributed by atoms with Crippen LogP contribution >= 0.6 is 0 Å². The molecule has 0 radical (unpaired) electrons. The zero-order valence-electron chi connectivity index (χ0n) is 16.5. The first-order valence-electron chi connectivity index (χ1n) is 9.39. The third-order valence-electron chi connectivity index (χ3n) is 4.65. The van der Waals surface area contributed by atoms with Crippen molar-refractivity contribution in [2.45, 2.75) is 18.3 Å². The summed E-state index contributed by atoms with van der Waals surface area (Å²) in [5.41, 5.74) is -1.51. The normalized spacial score (nSPS) is 15.7. The minimum atomic E-state index is -4.73. The van der Waals surface area contributed by atoms with E-state index in [0.29, 0.717) is 13.2 Å². The van der Waals surface area contributed by atoms with Gasteiger partial charge in [-0.05, 0) is 11.6 Å². The van der Waals surface area contributed by atoms with Crippen molar-refractivity contribution in [2.75, 3.05) is 38.6 Å². The lowest BCUT2D eigenvalue weighted by Crippen LogP contribution is -2.44. The summed E-state index contributed by atoms with van der Waals surface area (Å²) in [7, 11) is -4.20. The van der Waals surface area contributed by atoms with E-state index in [9.17, 15) is 31.2 Å². The van der Waals surface area contributed by atoms with E-state index in [1.54, 1.807) is 6.07 Å². The highest BCUT2D eigenvalue weighted by Crippen LogP contribution is 2.33. The van der Waals surface area contributed by atoms with Gasteiger partial charge in [-0.1, -0.05) is 18.2 Å².